The molecule has 2 heterocycles. The van der Waals surface area contributed by atoms with Crippen molar-refractivity contribution in [1.82, 2.24) is 20.0 Å². The summed E-state index contributed by atoms with van der Waals surface area (Å²) in [5.74, 6) is 2.60. The van der Waals surface area contributed by atoms with E-state index < -0.39 is 0 Å². The van der Waals surface area contributed by atoms with Crippen molar-refractivity contribution in [1.29, 1.82) is 0 Å². The fourth-order valence-corrected chi connectivity index (χ4v) is 4.46. The molecule has 1 amide bonds. The third-order valence-corrected chi connectivity index (χ3v) is 6.18. The number of hydrogen-bond acceptors (Lipinski definition) is 4. The van der Waals surface area contributed by atoms with Crippen LogP contribution in [0.25, 0.3) is 0 Å². The molecular weight excluding hydrogens is 469 g/mol. The molecule has 2 aliphatic heterocycles. The van der Waals surface area contributed by atoms with Gasteiger partial charge in [-0.3, -0.25) is 9.69 Å². The van der Waals surface area contributed by atoms with Crippen molar-refractivity contribution in [2.75, 3.05) is 73.1 Å². The minimum absolute atomic E-state index is 0. The Balaban J connectivity index is 0.00000280. The molecule has 1 N–H and O–H groups in total. The highest BCUT2D eigenvalue weighted by Crippen LogP contribution is 2.35. The van der Waals surface area contributed by atoms with E-state index >= 15 is 0 Å². The fourth-order valence-electron chi connectivity index (χ4n) is 4.46. The number of guanidine groups is 1. The number of likely N-dealkylation sites (tertiary alicyclic amines) is 1. The molecule has 8 heteroatoms. The van der Waals surface area contributed by atoms with E-state index in [1.807, 2.05) is 0 Å². The number of rotatable bonds is 6. The van der Waals surface area contributed by atoms with Crippen LogP contribution in [-0.4, -0.2) is 99.7 Å². The first-order valence-electron chi connectivity index (χ1n) is 10.7. The highest BCUT2D eigenvalue weighted by Gasteiger charge is 2.35. The molecule has 2 saturated heterocycles. The predicted molar refractivity (Wildman–Crippen MR) is 123 cm³/mol. The van der Waals surface area contributed by atoms with Crippen molar-refractivity contribution < 1.29 is 9.53 Å². The van der Waals surface area contributed by atoms with E-state index in [2.05, 4.69) is 20.1 Å². The highest BCUT2D eigenvalue weighted by atomic mass is 127. The van der Waals surface area contributed by atoms with Gasteiger partial charge in [0.05, 0.1) is 13.2 Å². The third kappa shape index (κ3) is 7.02. The molecule has 28 heavy (non-hydrogen) atoms. The standard InChI is InChI=1S/C20H37N5O2.HI/c1-23(2)19(26)14-22-20(21-8-5-9-24-10-12-27-13-11-24)25-15-17-6-3-4-7-18(17)16-25;/h17-18H,3-16H2,1-2H3,(H,21,22);1H. The number of fused-ring (bicyclic) bond motifs is 1. The van der Waals surface area contributed by atoms with Gasteiger partial charge in [0.15, 0.2) is 5.96 Å². The zero-order valence-electron chi connectivity index (χ0n) is 17.6. The molecular formula is C20H38IN5O2. The zero-order valence-corrected chi connectivity index (χ0v) is 19.9. The van der Waals surface area contributed by atoms with E-state index in [-0.39, 0.29) is 36.4 Å². The van der Waals surface area contributed by atoms with Crippen LogP contribution >= 0.6 is 24.0 Å². The van der Waals surface area contributed by atoms with Gasteiger partial charge in [0.1, 0.15) is 6.54 Å². The molecule has 3 aliphatic rings. The summed E-state index contributed by atoms with van der Waals surface area (Å²) in [6.07, 6.45) is 6.52. The number of likely N-dealkylation sites (N-methyl/N-ethyl adjacent to an activating group) is 1. The summed E-state index contributed by atoms with van der Waals surface area (Å²) >= 11 is 0. The van der Waals surface area contributed by atoms with Gasteiger partial charge in [0.25, 0.3) is 0 Å². The minimum Gasteiger partial charge on any atom is -0.379 e. The van der Waals surface area contributed by atoms with Crippen LogP contribution in [0.1, 0.15) is 32.1 Å². The number of halogens is 1. The van der Waals surface area contributed by atoms with E-state index in [1.54, 1.807) is 19.0 Å². The van der Waals surface area contributed by atoms with Crippen molar-refractivity contribution in [2.45, 2.75) is 32.1 Å². The van der Waals surface area contributed by atoms with E-state index in [0.717, 1.165) is 76.7 Å². The van der Waals surface area contributed by atoms with E-state index in [1.165, 1.54) is 25.7 Å². The Kier molecular flexibility index (Phi) is 10.3. The molecule has 0 radical (unpaired) electrons. The van der Waals surface area contributed by atoms with Crippen LogP contribution in [0, 0.1) is 11.8 Å². The zero-order chi connectivity index (χ0) is 19.1. The lowest BCUT2D eigenvalue weighted by Gasteiger charge is -2.27. The third-order valence-electron chi connectivity index (χ3n) is 6.18. The number of ether oxygens (including phenoxy) is 1. The van der Waals surface area contributed by atoms with Gasteiger partial charge in [-0.05, 0) is 37.6 Å². The molecule has 0 bridgehead atoms. The summed E-state index contributed by atoms with van der Waals surface area (Å²) in [5, 5.41) is 3.55. The smallest absolute Gasteiger partial charge is 0.243 e. The minimum atomic E-state index is 0. The van der Waals surface area contributed by atoms with Gasteiger partial charge < -0.3 is 19.9 Å². The Morgan fingerprint density at radius 2 is 1.79 bits per heavy atom. The monoisotopic (exact) mass is 507 g/mol. The summed E-state index contributed by atoms with van der Waals surface area (Å²) in [6.45, 7) is 8.18. The summed E-state index contributed by atoms with van der Waals surface area (Å²) in [6, 6.07) is 0. The van der Waals surface area contributed by atoms with Crippen molar-refractivity contribution in [3.8, 4) is 0 Å². The number of morpholine rings is 1. The molecule has 0 aromatic carbocycles. The van der Waals surface area contributed by atoms with Gasteiger partial charge in [-0.15, -0.1) is 24.0 Å². The van der Waals surface area contributed by atoms with Crippen molar-refractivity contribution in [3.63, 3.8) is 0 Å². The van der Waals surface area contributed by atoms with Crippen molar-refractivity contribution in [2.24, 2.45) is 16.8 Å². The Bertz CT molecular complexity index is 497. The van der Waals surface area contributed by atoms with Gasteiger partial charge in [-0.2, -0.15) is 0 Å². The van der Waals surface area contributed by atoms with Gasteiger partial charge in [-0.1, -0.05) is 12.8 Å². The molecule has 0 aromatic heterocycles. The molecule has 2 unspecified atom stereocenters. The number of aliphatic imine (C=N–C) groups is 1. The Morgan fingerprint density at radius 3 is 2.39 bits per heavy atom. The second-order valence-corrected chi connectivity index (χ2v) is 8.37. The van der Waals surface area contributed by atoms with Crippen LogP contribution in [-0.2, 0) is 9.53 Å². The number of nitrogens with one attached hydrogen (secondary N) is 1. The van der Waals surface area contributed by atoms with Gasteiger partial charge in [0, 0.05) is 46.8 Å². The fraction of sp³-hybridized carbons (Fsp3) is 0.900. The number of carbonyl (C=O) groups excluding carboxylic acids is 1. The Labute approximate surface area is 187 Å². The van der Waals surface area contributed by atoms with E-state index in [0.29, 0.717) is 0 Å². The van der Waals surface area contributed by atoms with E-state index in [4.69, 9.17) is 4.74 Å². The molecule has 0 spiro atoms. The Hall–Kier alpha value is -0.610. The first-order valence-corrected chi connectivity index (χ1v) is 10.7. The van der Waals surface area contributed by atoms with Crippen molar-refractivity contribution >= 4 is 35.8 Å². The molecule has 3 rings (SSSR count). The second-order valence-electron chi connectivity index (χ2n) is 8.37. The average Bonchev–Trinajstić information content (AvgIpc) is 3.11. The maximum absolute atomic E-state index is 12.0. The van der Waals surface area contributed by atoms with Gasteiger partial charge in [-0.25, -0.2) is 4.99 Å². The molecule has 2 atom stereocenters. The topological polar surface area (TPSA) is 60.4 Å². The number of amides is 1. The summed E-state index contributed by atoms with van der Waals surface area (Å²) in [7, 11) is 3.58. The van der Waals surface area contributed by atoms with Crippen LogP contribution < -0.4 is 5.32 Å². The van der Waals surface area contributed by atoms with Crippen molar-refractivity contribution in [3.05, 3.63) is 0 Å². The lowest BCUT2D eigenvalue weighted by molar-refractivity contribution is -0.127. The first-order chi connectivity index (χ1) is 13.1. The van der Waals surface area contributed by atoms with Crippen LogP contribution in [0.4, 0.5) is 0 Å². The average molecular weight is 507 g/mol. The summed E-state index contributed by atoms with van der Waals surface area (Å²) < 4.78 is 5.41. The quantitative estimate of drug-likeness (QED) is 0.256. The van der Waals surface area contributed by atoms with Crippen LogP contribution in [0.2, 0.25) is 0 Å². The highest BCUT2D eigenvalue weighted by molar-refractivity contribution is 14.0. The molecule has 1 saturated carbocycles. The molecule has 0 aromatic rings. The largest absolute Gasteiger partial charge is 0.379 e. The van der Waals surface area contributed by atoms with Crippen LogP contribution in [0.15, 0.2) is 4.99 Å². The summed E-state index contributed by atoms with van der Waals surface area (Å²) in [5.41, 5.74) is 0. The maximum Gasteiger partial charge on any atom is 0.243 e. The molecule has 1 aliphatic carbocycles. The number of hydrogen-bond donors (Lipinski definition) is 1. The first kappa shape index (κ1) is 23.7. The van der Waals surface area contributed by atoms with Crippen LogP contribution in [0.5, 0.6) is 0 Å². The maximum atomic E-state index is 12.0. The molecule has 3 fully saturated rings. The second kappa shape index (κ2) is 12.2. The van der Waals surface area contributed by atoms with Gasteiger partial charge in [0.2, 0.25) is 5.91 Å². The normalized spacial score (nSPS) is 25.8. The summed E-state index contributed by atoms with van der Waals surface area (Å²) in [4.78, 5) is 23.2. The Morgan fingerprint density at radius 1 is 1.14 bits per heavy atom. The number of carbonyl (C=O) groups is 1. The van der Waals surface area contributed by atoms with Gasteiger partial charge >= 0.3 is 0 Å². The lowest BCUT2D eigenvalue weighted by Crippen LogP contribution is -2.43. The van der Waals surface area contributed by atoms with Crippen LogP contribution in [0.3, 0.4) is 0 Å². The van der Waals surface area contributed by atoms with E-state index in [9.17, 15) is 4.79 Å². The molecule has 7 nitrogen and oxygen atoms in total. The SMILES string of the molecule is CN(C)C(=O)CN=C(NCCCN1CCOCC1)N1CC2CCCCC2C1.I. The number of nitrogens with zero attached hydrogens (tertiary/aromatic N) is 4. The molecule has 162 valence electrons. The predicted octanol–water partition coefficient (Wildman–Crippen LogP) is 1.48. The lowest BCUT2D eigenvalue weighted by atomic mass is 9.82.